The largest absolute Gasteiger partial charge is 0.412 e. The van der Waals surface area contributed by atoms with Gasteiger partial charge in [-0.25, -0.2) is 0 Å². The molecule has 0 aliphatic rings. The molecule has 2 rings (SSSR count). The van der Waals surface area contributed by atoms with Gasteiger partial charge in [0.1, 0.15) is 0 Å². The van der Waals surface area contributed by atoms with Gasteiger partial charge in [-0.1, -0.05) is 24.3 Å². The second kappa shape index (κ2) is 4.39. The van der Waals surface area contributed by atoms with Crippen LogP contribution in [0.25, 0.3) is 5.69 Å². The molecule has 1 aromatic heterocycles. The van der Waals surface area contributed by atoms with Gasteiger partial charge < -0.3 is 5.48 Å². The third kappa shape index (κ3) is 1.89. The molecule has 0 aliphatic carbocycles. The molecule has 0 unspecified atom stereocenters. The number of nitrogens with zero attached hydrogens (tertiary/aromatic N) is 1. The van der Waals surface area contributed by atoms with Gasteiger partial charge in [0.25, 0.3) is 5.56 Å². The predicted octanol–water partition coefficient (Wildman–Crippen LogP) is 1.01. The summed E-state index contributed by atoms with van der Waals surface area (Å²) in [5.74, 6) is 0. The fraction of sp³-hybridized carbons (Fsp3) is 0. The van der Waals surface area contributed by atoms with Crippen LogP contribution in [0.5, 0.6) is 0 Å². The number of rotatable bonds is 1. The zero-order valence-electron chi connectivity index (χ0n) is 7.55. The lowest BCUT2D eigenvalue weighted by Crippen LogP contribution is -2.15. The number of pyridine rings is 1. The van der Waals surface area contributed by atoms with Crippen LogP contribution in [0, 0.1) is 0 Å². The van der Waals surface area contributed by atoms with Gasteiger partial charge in [0, 0.05) is 18.0 Å². The topological polar surface area (TPSA) is 53.5 Å². The number of hydrogen-bond acceptors (Lipinski definition) is 1. The van der Waals surface area contributed by atoms with Crippen LogP contribution in [0.3, 0.4) is 0 Å². The van der Waals surface area contributed by atoms with E-state index in [4.69, 9.17) is 0 Å². The van der Waals surface area contributed by atoms with Crippen LogP contribution in [0.4, 0.5) is 0 Å². The summed E-state index contributed by atoms with van der Waals surface area (Å²) in [5.41, 5.74) is 0.891. The molecule has 0 amide bonds. The molecule has 0 spiro atoms. The van der Waals surface area contributed by atoms with E-state index in [1.54, 1.807) is 22.9 Å². The Labute approximate surface area is 81.6 Å². The minimum absolute atomic E-state index is 0. The van der Waals surface area contributed by atoms with Crippen LogP contribution >= 0.6 is 0 Å². The van der Waals surface area contributed by atoms with E-state index in [9.17, 15) is 4.79 Å². The second-order valence-corrected chi connectivity index (χ2v) is 2.74. The van der Waals surface area contributed by atoms with E-state index in [0.29, 0.717) is 0 Å². The molecular formula is C11H11NO2. The Morgan fingerprint density at radius 1 is 0.857 bits per heavy atom. The first-order chi connectivity index (χ1) is 6.38. The molecule has 2 N–H and O–H groups in total. The van der Waals surface area contributed by atoms with E-state index in [1.165, 1.54) is 0 Å². The predicted molar refractivity (Wildman–Crippen MR) is 55.7 cm³/mol. The van der Waals surface area contributed by atoms with Gasteiger partial charge in [0.05, 0.1) is 0 Å². The maximum absolute atomic E-state index is 11.4. The fourth-order valence-electron chi connectivity index (χ4n) is 1.23. The van der Waals surface area contributed by atoms with E-state index in [1.807, 2.05) is 36.4 Å². The highest BCUT2D eigenvalue weighted by atomic mass is 16.1. The maximum atomic E-state index is 11.4. The summed E-state index contributed by atoms with van der Waals surface area (Å²) in [7, 11) is 0. The first-order valence-corrected chi connectivity index (χ1v) is 4.11. The molecule has 3 nitrogen and oxygen atoms in total. The highest BCUT2D eigenvalue weighted by molar-refractivity contribution is 5.31. The average molecular weight is 189 g/mol. The fourth-order valence-corrected chi connectivity index (χ4v) is 1.23. The SMILES string of the molecule is O.O=c1ccccn1-c1ccccc1. The molecule has 0 fully saturated rings. The van der Waals surface area contributed by atoms with E-state index in [2.05, 4.69) is 0 Å². The molecule has 0 saturated carbocycles. The van der Waals surface area contributed by atoms with Crippen molar-refractivity contribution >= 4 is 0 Å². The summed E-state index contributed by atoms with van der Waals surface area (Å²) < 4.78 is 1.61. The van der Waals surface area contributed by atoms with Crippen LogP contribution in [0.2, 0.25) is 0 Å². The van der Waals surface area contributed by atoms with E-state index in [-0.39, 0.29) is 11.0 Å². The molecule has 3 heteroatoms. The summed E-state index contributed by atoms with van der Waals surface area (Å²) in [4.78, 5) is 11.4. The Morgan fingerprint density at radius 2 is 1.50 bits per heavy atom. The van der Waals surface area contributed by atoms with E-state index >= 15 is 0 Å². The molecular weight excluding hydrogens is 178 g/mol. The quantitative estimate of drug-likeness (QED) is 0.660. The Kier molecular flexibility index (Phi) is 3.20. The number of benzene rings is 1. The maximum Gasteiger partial charge on any atom is 0.255 e. The van der Waals surface area contributed by atoms with Crippen LogP contribution in [-0.4, -0.2) is 10.0 Å². The zero-order valence-corrected chi connectivity index (χ0v) is 7.55. The van der Waals surface area contributed by atoms with Gasteiger partial charge in [-0.15, -0.1) is 0 Å². The van der Waals surface area contributed by atoms with Crippen molar-refractivity contribution in [3.8, 4) is 5.69 Å². The van der Waals surface area contributed by atoms with Crippen molar-refractivity contribution in [1.29, 1.82) is 0 Å². The van der Waals surface area contributed by atoms with Crippen molar-refractivity contribution in [1.82, 2.24) is 4.57 Å². The molecule has 2 aromatic rings. The summed E-state index contributed by atoms with van der Waals surface area (Å²) >= 11 is 0. The lowest BCUT2D eigenvalue weighted by Gasteiger charge is -2.02. The Morgan fingerprint density at radius 3 is 2.14 bits per heavy atom. The Hall–Kier alpha value is -1.87. The third-order valence-electron chi connectivity index (χ3n) is 1.86. The third-order valence-corrected chi connectivity index (χ3v) is 1.86. The van der Waals surface area contributed by atoms with Crippen molar-refractivity contribution in [3.05, 3.63) is 65.1 Å². The molecule has 1 heterocycles. The number of para-hydroxylation sites is 1. The van der Waals surface area contributed by atoms with Gasteiger partial charge in [-0.3, -0.25) is 9.36 Å². The van der Waals surface area contributed by atoms with Gasteiger partial charge in [0.2, 0.25) is 0 Å². The minimum atomic E-state index is -0.00583. The summed E-state index contributed by atoms with van der Waals surface area (Å²) in [6.45, 7) is 0. The van der Waals surface area contributed by atoms with Crippen LogP contribution in [0.1, 0.15) is 0 Å². The van der Waals surface area contributed by atoms with Crippen molar-refractivity contribution in [2.45, 2.75) is 0 Å². The monoisotopic (exact) mass is 189 g/mol. The molecule has 0 radical (unpaired) electrons. The first kappa shape index (κ1) is 10.2. The van der Waals surface area contributed by atoms with Crippen LogP contribution < -0.4 is 5.56 Å². The van der Waals surface area contributed by atoms with E-state index < -0.39 is 0 Å². The van der Waals surface area contributed by atoms with Crippen LogP contribution in [-0.2, 0) is 0 Å². The molecule has 0 bridgehead atoms. The van der Waals surface area contributed by atoms with Gasteiger partial charge in [-0.05, 0) is 18.2 Å². The van der Waals surface area contributed by atoms with Gasteiger partial charge in [-0.2, -0.15) is 0 Å². The van der Waals surface area contributed by atoms with Crippen molar-refractivity contribution < 1.29 is 5.48 Å². The van der Waals surface area contributed by atoms with Gasteiger partial charge >= 0.3 is 0 Å². The smallest absolute Gasteiger partial charge is 0.255 e. The Balaban J connectivity index is 0.000000980. The minimum Gasteiger partial charge on any atom is -0.412 e. The number of aromatic nitrogens is 1. The first-order valence-electron chi connectivity index (χ1n) is 4.11. The van der Waals surface area contributed by atoms with E-state index in [0.717, 1.165) is 5.69 Å². The second-order valence-electron chi connectivity index (χ2n) is 2.74. The lowest BCUT2D eigenvalue weighted by molar-refractivity contribution is 0.824. The highest BCUT2D eigenvalue weighted by Gasteiger charge is 1.94. The zero-order chi connectivity index (χ0) is 9.10. The normalized spacial score (nSPS) is 9.14. The average Bonchev–Trinajstić information content (AvgIpc) is 2.20. The Bertz CT molecular complexity index is 448. The van der Waals surface area contributed by atoms with Crippen molar-refractivity contribution in [3.63, 3.8) is 0 Å². The molecule has 72 valence electrons. The molecule has 0 atom stereocenters. The molecule has 14 heavy (non-hydrogen) atoms. The number of hydrogen-bond donors (Lipinski definition) is 0. The summed E-state index contributed by atoms with van der Waals surface area (Å²) in [6, 6.07) is 14.7. The van der Waals surface area contributed by atoms with Crippen LogP contribution in [0.15, 0.2) is 59.5 Å². The lowest BCUT2D eigenvalue weighted by atomic mass is 10.3. The molecule has 1 aromatic carbocycles. The van der Waals surface area contributed by atoms with Crippen molar-refractivity contribution in [2.75, 3.05) is 0 Å². The summed E-state index contributed by atoms with van der Waals surface area (Å²) in [5, 5.41) is 0. The van der Waals surface area contributed by atoms with Gasteiger partial charge in [0.15, 0.2) is 0 Å². The standard InChI is InChI=1S/C11H9NO.H2O/c13-11-8-4-5-9-12(11)10-6-2-1-3-7-10;/h1-9H;1H2. The summed E-state index contributed by atoms with van der Waals surface area (Å²) in [6.07, 6.45) is 1.76. The molecule has 0 aliphatic heterocycles. The molecule has 0 saturated heterocycles. The highest BCUT2D eigenvalue weighted by Crippen LogP contribution is 2.02. The van der Waals surface area contributed by atoms with Crippen molar-refractivity contribution in [2.24, 2.45) is 0 Å².